The van der Waals surface area contributed by atoms with Crippen LogP contribution in [-0.4, -0.2) is 66.6 Å². The van der Waals surface area contributed by atoms with E-state index in [-0.39, 0.29) is 49.2 Å². The lowest BCUT2D eigenvalue weighted by Gasteiger charge is -2.37. The Kier molecular flexibility index (Phi) is 7.14. The molecule has 2 heterocycles. The molecule has 1 saturated heterocycles. The number of carbonyl (C=O) groups excluding carboxylic acids is 2. The van der Waals surface area contributed by atoms with Crippen LogP contribution in [0.5, 0.6) is 5.75 Å². The molecule has 0 aliphatic carbocycles. The summed E-state index contributed by atoms with van der Waals surface area (Å²) in [6.07, 6.45) is -2.13. The first-order chi connectivity index (χ1) is 17.1. The predicted octanol–water partition coefficient (Wildman–Crippen LogP) is 3.71. The van der Waals surface area contributed by atoms with Crippen molar-refractivity contribution >= 4 is 17.9 Å². The van der Waals surface area contributed by atoms with Crippen LogP contribution in [0.25, 0.3) is 0 Å². The van der Waals surface area contributed by atoms with Crippen molar-refractivity contribution in [3.63, 3.8) is 0 Å². The summed E-state index contributed by atoms with van der Waals surface area (Å²) in [6, 6.07) is 12.7. The highest BCUT2D eigenvalue weighted by atomic mass is 19.3. The van der Waals surface area contributed by atoms with Crippen LogP contribution in [0.2, 0.25) is 0 Å². The minimum atomic E-state index is -3.01. The SMILES string of the molecule is CNC(=O)c1cc(C(=O)NCCC2CN(C(=O)O)CCC2(F)F)cc2c1O[C@@H](C)[C@@H]2c1ccccc1. The molecule has 2 aliphatic rings. The number of piperidine rings is 1. The lowest BCUT2D eigenvalue weighted by Crippen LogP contribution is -2.49. The van der Waals surface area contributed by atoms with Gasteiger partial charge in [0.25, 0.3) is 17.7 Å². The summed E-state index contributed by atoms with van der Waals surface area (Å²) < 4.78 is 34.7. The Balaban J connectivity index is 1.55. The summed E-state index contributed by atoms with van der Waals surface area (Å²) in [5, 5.41) is 14.4. The summed E-state index contributed by atoms with van der Waals surface area (Å²) in [5.41, 5.74) is 2.12. The molecule has 3 amide bonds. The van der Waals surface area contributed by atoms with Gasteiger partial charge in [0.05, 0.1) is 5.56 Å². The van der Waals surface area contributed by atoms with Crippen LogP contribution in [0, 0.1) is 5.92 Å². The summed E-state index contributed by atoms with van der Waals surface area (Å²) in [6.45, 7) is 1.33. The molecule has 0 radical (unpaired) electrons. The van der Waals surface area contributed by atoms with Gasteiger partial charge in [0.2, 0.25) is 0 Å². The third-order valence-corrected chi connectivity index (χ3v) is 6.92. The third kappa shape index (κ3) is 4.98. The topological polar surface area (TPSA) is 108 Å². The number of hydrogen-bond donors (Lipinski definition) is 3. The third-order valence-electron chi connectivity index (χ3n) is 6.92. The summed E-state index contributed by atoms with van der Waals surface area (Å²) in [4.78, 5) is 37.8. The second-order valence-corrected chi connectivity index (χ2v) is 9.21. The Morgan fingerprint density at radius 3 is 2.56 bits per heavy atom. The molecule has 1 fully saturated rings. The van der Waals surface area contributed by atoms with Crippen molar-refractivity contribution in [2.45, 2.75) is 37.7 Å². The Hall–Kier alpha value is -3.69. The van der Waals surface area contributed by atoms with Crippen LogP contribution < -0.4 is 15.4 Å². The van der Waals surface area contributed by atoms with Crippen molar-refractivity contribution < 1.29 is 33.0 Å². The second kappa shape index (κ2) is 10.1. The van der Waals surface area contributed by atoms with Gasteiger partial charge in [-0.1, -0.05) is 30.3 Å². The molecule has 2 aliphatic heterocycles. The molecule has 3 N–H and O–H groups in total. The lowest BCUT2D eigenvalue weighted by atomic mass is 9.87. The van der Waals surface area contributed by atoms with Crippen LogP contribution in [0.1, 0.15) is 57.5 Å². The van der Waals surface area contributed by atoms with Gasteiger partial charge >= 0.3 is 6.09 Å². The van der Waals surface area contributed by atoms with Gasteiger partial charge in [-0.25, -0.2) is 13.6 Å². The number of nitrogens with zero attached hydrogens (tertiary/aromatic N) is 1. The van der Waals surface area contributed by atoms with Gasteiger partial charge in [-0.05, 0) is 31.0 Å². The molecule has 4 rings (SSSR count). The zero-order chi connectivity index (χ0) is 26.0. The fourth-order valence-corrected chi connectivity index (χ4v) is 4.98. The number of halogens is 2. The first-order valence-electron chi connectivity index (χ1n) is 11.9. The number of likely N-dealkylation sites (tertiary alicyclic amines) is 1. The quantitative estimate of drug-likeness (QED) is 0.559. The van der Waals surface area contributed by atoms with Crippen LogP contribution >= 0.6 is 0 Å². The molecule has 1 unspecified atom stereocenters. The number of rotatable bonds is 6. The summed E-state index contributed by atoms with van der Waals surface area (Å²) in [5.74, 6) is -4.89. The van der Waals surface area contributed by atoms with Gasteiger partial charge in [-0.2, -0.15) is 0 Å². The van der Waals surface area contributed by atoms with Gasteiger partial charge < -0.3 is 25.4 Å². The molecule has 10 heteroatoms. The molecule has 0 aromatic heterocycles. The molecule has 0 saturated carbocycles. The molecular formula is C26H29F2N3O5. The van der Waals surface area contributed by atoms with E-state index in [0.717, 1.165) is 10.5 Å². The minimum absolute atomic E-state index is 0.0615. The Morgan fingerprint density at radius 2 is 1.89 bits per heavy atom. The average molecular weight is 502 g/mol. The first kappa shape index (κ1) is 25.4. The fourth-order valence-electron chi connectivity index (χ4n) is 4.98. The van der Waals surface area contributed by atoms with Gasteiger partial charge in [-0.3, -0.25) is 9.59 Å². The van der Waals surface area contributed by atoms with Crippen molar-refractivity contribution in [2.75, 3.05) is 26.7 Å². The van der Waals surface area contributed by atoms with E-state index in [1.165, 1.54) is 13.1 Å². The number of nitrogens with one attached hydrogen (secondary N) is 2. The zero-order valence-corrected chi connectivity index (χ0v) is 20.1. The number of amides is 3. The van der Waals surface area contributed by atoms with Gasteiger partial charge in [-0.15, -0.1) is 0 Å². The van der Waals surface area contributed by atoms with Crippen molar-refractivity contribution in [1.29, 1.82) is 0 Å². The van der Waals surface area contributed by atoms with E-state index in [1.807, 2.05) is 37.3 Å². The average Bonchev–Trinajstić information content (AvgIpc) is 3.19. The normalized spacial score (nSPS) is 22.3. The van der Waals surface area contributed by atoms with E-state index < -0.39 is 36.2 Å². The Bertz CT molecular complexity index is 1160. The highest BCUT2D eigenvalue weighted by Crippen LogP contribution is 2.45. The van der Waals surface area contributed by atoms with Gasteiger partial charge in [0, 0.05) is 56.1 Å². The number of ether oxygens (including phenoxy) is 1. The molecule has 192 valence electrons. The smallest absolute Gasteiger partial charge is 0.407 e. The number of carboxylic acid groups (broad SMARTS) is 1. The maximum Gasteiger partial charge on any atom is 0.407 e. The number of hydrogen-bond acceptors (Lipinski definition) is 4. The maximum absolute atomic E-state index is 14.3. The van der Waals surface area contributed by atoms with E-state index in [2.05, 4.69) is 10.6 Å². The number of benzene rings is 2. The molecule has 0 spiro atoms. The van der Waals surface area contributed by atoms with E-state index in [4.69, 9.17) is 9.84 Å². The van der Waals surface area contributed by atoms with Crippen LogP contribution in [0.4, 0.5) is 13.6 Å². The van der Waals surface area contributed by atoms with Crippen molar-refractivity contribution in [1.82, 2.24) is 15.5 Å². The van der Waals surface area contributed by atoms with Gasteiger partial charge in [0.15, 0.2) is 0 Å². The Morgan fingerprint density at radius 1 is 1.17 bits per heavy atom. The molecule has 2 aromatic carbocycles. The Labute approximate surface area is 207 Å². The molecule has 2 aromatic rings. The number of alkyl halides is 2. The zero-order valence-electron chi connectivity index (χ0n) is 20.1. The largest absolute Gasteiger partial charge is 0.489 e. The first-order valence-corrected chi connectivity index (χ1v) is 11.9. The highest BCUT2D eigenvalue weighted by molar-refractivity contribution is 6.02. The molecular weight excluding hydrogens is 472 g/mol. The molecule has 36 heavy (non-hydrogen) atoms. The van der Waals surface area contributed by atoms with E-state index in [1.54, 1.807) is 6.07 Å². The van der Waals surface area contributed by atoms with E-state index in [9.17, 15) is 23.2 Å². The van der Waals surface area contributed by atoms with Crippen LogP contribution in [0.3, 0.4) is 0 Å². The summed E-state index contributed by atoms with van der Waals surface area (Å²) >= 11 is 0. The van der Waals surface area contributed by atoms with Crippen LogP contribution in [0.15, 0.2) is 42.5 Å². The van der Waals surface area contributed by atoms with Crippen molar-refractivity contribution in [3.8, 4) is 5.75 Å². The number of fused-ring (bicyclic) bond motifs is 1. The van der Waals surface area contributed by atoms with Crippen molar-refractivity contribution in [2.24, 2.45) is 5.92 Å². The van der Waals surface area contributed by atoms with Crippen molar-refractivity contribution in [3.05, 3.63) is 64.7 Å². The second-order valence-electron chi connectivity index (χ2n) is 9.21. The maximum atomic E-state index is 14.3. The standard InChI is InChI=1S/C26H29F2N3O5/c1-15-21(16-6-4-3-5-7-16)19-12-17(13-20(22(19)36-15)24(33)29-2)23(32)30-10-8-18-14-31(25(34)35)11-9-26(18,27)28/h3-7,12-13,15,18,21H,8-11,14H2,1-2H3,(H,29,33)(H,30,32)(H,34,35)/t15-,18?,21+/m0/s1. The lowest BCUT2D eigenvalue weighted by molar-refractivity contribution is -0.102. The molecule has 8 nitrogen and oxygen atoms in total. The van der Waals surface area contributed by atoms with E-state index in [0.29, 0.717) is 11.3 Å². The number of carbonyl (C=O) groups is 3. The predicted molar refractivity (Wildman–Crippen MR) is 128 cm³/mol. The van der Waals surface area contributed by atoms with Crippen LogP contribution in [-0.2, 0) is 0 Å². The molecule has 3 atom stereocenters. The highest BCUT2D eigenvalue weighted by Gasteiger charge is 2.44. The fraction of sp³-hybridized carbons (Fsp3) is 0.423. The van der Waals surface area contributed by atoms with E-state index >= 15 is 0 Å². The molecule has 0 bridgehead atoms. The monoisotopic (exact) mass is 501 g/mol. The summed E-state index contributed by atoms with van der Waals surface area (Å²) in [7, 11) is 1.49. The van der Waals surface area contributed by atoms with Gasteiger partial charge in [0.1, 0.15) is 11.9 Å². The minimum Gasteiger partial charge on any atom is -0.489 e.